The zero-order valence-corrected chi connectivity index (χ0v) is 9.97. The minimum absolute atomic E-state index is 0.0516. The molecule has 0 amide bonds. The van der Waals surface area contributed by atoms with E-state index in [0.717, 1.165) is 0 Å². The average molecular weight is 235 g/mol. The Bertz CT molecular complexity index is 265. The predicted molar refractivity (Wildman–Crippen MR) is 58.4 cm³/mol. The number of carbonyl (C=O) groups excluding carboxylic acids is 1. The summed E-state index contributed by atoms with van der Waals surface area (Å²) in [5, 5.41) is 6.22. The highest BCUT2D eigenvalue weighted by Crippen LogP contribution is 2.09. The maximum atomic E-state index is 11.3. The topological polar surface area (TPSA) is 87.5 Å². The van der Waals surface area contributed by atoms with Crippen LogP contribution >= 0.6 is 0 Å². The number of ether oxygens (including phenoxy) is 1. The molecular weight excluding hydrogens is 218 g/mol. The number of hydrogen-bond acceptors (Lipinski definition) is 4. The van der Waals surface area contributed by atoms with Gasteiger partial charge in [-0.1, -0.05) is 13.8 Å². The Kier molecular flexibility index (Phi) is 6.35. The van der Waals surface area contributed by atoms with E-state index >= 15 is 0 Å². The van der Waals surface area contributed by atoms with Crippen LogP contribution in [0.1, 0.15) is 27.2 Å². The molecular formula is C9H17NO4S. The molecule has 6 heteroatoms. The first-order valence-corrected chi connectivity index (χ1v) is 5.90. The molecule has 0 heterocycles. The molecule has 2 unspecified atom stereocenters. The van der Waals surface area contributed by atoms with Gasteiger partial charge < -0.3 is 14.7 Å². The predicted octanol–water partition coefficient (Wildman–Crippen LogP) is 1.21. The molecule has 0 aromatic carbocycles. The van der Waals surface area contributed by atoms with Crippen LogP contribution in [-0.4, -0.2) is 32.3 Å². The van der Waals surface area contributed by atoms with Gasteiger partial charge in [0, 0.05) is 5.71 Å². The van der Waals surface area contributed by atoms with Gasteiger partial charge in [0.25, 0.3) is 0 Å². The molecule has 0 fully saturated rings. The van der Waals surface area contributed by atoms with Gasteiger partial charge in [-0.25, -0.2) is 4.21 Å². The molecule has 0 aliphatic heterocycles. The lowest BCUT2D eigenvalue weighted by Crippen LogP contribution is -2.36. The third-order valence-electron chi connectivity index (χ3n) is 1.65. The van der Waals surface area contributed by atoms with Crippen LogP contribution < -0.4 is 0 Å². The second-order valence-electron chi connectivity index (χ2n) is 3.53. The molecule has 0 aromatic rings. The second-order valence-corrected chi connectivity index (χ2v) is 4.56. The van der Waals surface area contributed by atoms with E-state index in [1.807, 2.05) is 13.8 Å². The monoisotopic (exact) mass is 235 g/mol. The fourth-order valence-electron chi connectivity index (χ4n) is 1.11. The van der Waals surface area contributed by atoms with Crippen LogP contribution in [0.5, 0.6) is 0 Å². The largest absolute Gasteiger partial charge is 0.465 e. The van der Waals surface area contributed by atoms with Crippen molar-refractivity contribution in [2.75, 3.05) is 6.61 Å². The van der Waals surface area contributed by atoms with Gasteiger partial charge in [0.15, 0.2) is 16.3 Å². The average Bonchev–Trinajstić information content (AvgIpc) is 2.01. The quantitative estimate of drug-likeness (QED) is 0.411. The first-order chi connectivity index (χ1) is 6.90. The van der Waals surface area contributed by atoms with Crippen molar-refractivity contribution in [1.82, 2.24) is 0 Å². The van der Waals surface area contributed by atoms with Crippen molar-refractivity contribution in [1.29, 1.82) is 5.41 Å². The maximum absolute atomic E-state index is 11.3. The van der Waals surface area contributed by atoms with Crippen LogP contribution in [0.3, 0.4) is 0 Å². The van der Waals surface area contributed by atoms with E-state index in [-0.39, 0.29) is 18.2 Å². The number of carbonyl (C=O) groups is 1. The fraction of sp³-hybridized carbons (Fsp3) is 0.778. The van der Waals surface area contributed by atoms with Crippen molar-refractivity contribution in [3.63, 3.8) is 0 Å². The van der Waals surface area contributed by atoms with E-state index < -0.39 is 22.3 Å². The molecule has 2 N–H and O–H groups in total. The van der Waals surface area contributed by atoms with Crippen LogP contribution in [0.15, 0.2) is 0 Å². The van der Waals surface area contributed by atoms with Crippen LogP contribution in [0.25, 0.3) is 0 Å². The maximum Gasteiger partial charge on any atom is 0.330 e. The minimum Gasteiger partial charge on any atom is -0.465 e. The number of rotatable bonds is 6. The summed E-state index contributed by atoms with van der Waals surface area (Å²) in [6, 6.07) is 0. The van der Waals surface area contributed by atoms with Crippen LogP contribution in [0, 0.1) is 11.3 Å². The first kappa shape index (κ1) is 14.2. The molecule has 5 nitrogen and oxygen atoms in total. The Morgan fingerprint density at radius 2 is 2.07 bits per heavy atom. The highest BCUT2D eigenvalue weighted by atomic mass is 32.2. The van der Waals surface area contributed by atoms with Crippen LogP contribution in [-0.2, 0) is 20.6 Å². The van der Waals surface area contributed by atoms with Gasteiger partial charge >= 0.3 is 5.97 Å². The summed E-state index contributed by atoms with van der Waals surface area (Å²) in [5.74, 6) is -0.637. The number of esters is 1. The SMILES string of the molecule is CCOC(=O)C(C(=N)CC(C)C)S(=O)O. The van der Waals surface area contributed by atoms with Crippen molar-refractivity contribution in [2.45, 2.75) is 32.4 Å². The number of hydrogen-bond donors (Lipinski definition) is 2. The van der Waals surface area contributed by atoms with Crippen molar-refractivity contribution in [3.05, 3.63) is 0 Å². The van der Waals surface area contributed by atoms with Crippen molar-refractivity contribution in [3.8, 4) is 0 Å². The third-order valence-corrected chi connectivity index (χ3v) is 2.53. The lowest BCUT2D eigenvalue weighted by Gasteiger charge is -2.14. The van der Waals surface area contributed by atoms with Gasteiger partial charge in [-0.15, -0.1) is 0 Å². The van der Waals surface area contributed by atoms with E-state index in [1.165, 1.54) is 0 Å². The summed E-state index contributed by atoms with van der Waals surface area (Å²) < 4.78 is 24.5. The van der Waals surface area contributed by atoms with E-state index in [4.69, 9.17) is 9.96 Å². The van der Waals surface area contributed by atoms with Crippen LogP contribution in [0.2, 0.25) is 0 Å². The Balaban J connectivity index is 4.59. The highest BCUT2D eigenvalue weighted by Gasteiger charge is 2.30. The second kappa shape index (κ2) is 6.68. The minimum atomic E-state index is -2.38. The summed E-state index contributed by atoms with van der Waals surface area (Å²) >= 11 is -2.38. The molecule has 0 aliphatic rings. The molecule has 0 saturated carbocycles. The summed E-state index contributed by atoms with van der Waals surface area (Å²) in [6.07, 6.45) is 0.315. The molecule has 0 aliphatic carbocycles. The Morgan fingerprint density at radius 3 is 2.40 bits per heavy atom. The van der Waals surface area contributed by atoms with Gasteiger partial charge in [0.1, 0.15) is 0 Å². The normalized spacial score (nSPS) is 14.7. The van der Waals surface area contributed by atoms with E-state index in [0.29, 0.717) is 6.42 Å². The van der Waals surface area contributed by atoms with Gasteiger partial charge in [-0.3, -0.25) is 4.79 Å². The van der Waals surface area contributed by atoms with E-state index in [9.17, 15) is 9.00 Å². The summed E-state index contributed by atoms with van der Waals surface area (Å²) in [6.45, 7) is 5.50. The molecule has 0 spiro atoms. The summed E-state index contributed by atoms with van der Waals surface area (Å²) in [4.78, 5) is 11.3. The molecule has 0 rings (SSSR count). The Hall–Kier alpha value is -0.750. The van der Waals surface area contributed by atoms with Gasteiger partial charge in [0.2, 0.25) is 0 Å². The van der Waals surface area contributed by atoms with Gasteiger partial charge in [-0.2, -0.15) is 0 Å². The lowest BCUT2D eigenvalue weighted by molar-refractivity contribution is -0.141. The van der Waals surface area contributed by atoms with E-state index in [1.54, 1.807) is 6.92 Å². The zero-order valence-electron chi connectivity index (χ0n) is 9.15. The smallest absolute Gasteiger partial charge is 0.330 e. The standard InChI is InChI=1S/C9H17NO4S/c1-4-14-9(11)8(15(12)13)7(10)5-6(2)3/h6,8,10H,4-5H2,1-3H3,(H,12,13). The molecule has 0 bridgehead atoms. The van der Waals surface area contributed by atoms with Gasteiger partial charge in [-0.05, 0) is 19.3 Å². The summed E-state index contributed by atoms with van der Waals surface area (Å²) in [5.41, 5.74) is -0.0516. The third kappa shape index (κ3) is 5.03. The molecule has 0 radical (unpaired) electrons. The molecule has 0 saturated heterocycles. The molecule has 15 heavy (non-hydrogen) atoms. The Morgan fingerprint density at radius 1 is 1.53 bits per heavy atom. The summed E-state index contributed by atoms with van der Waals surface area (Å²) in [7, 11) is 0. The van der Waals surface area contributed by atoms with E-state index in [2.05, 4.69) is 4.74 Å². The fourth-order valence-corrected chi connectivity index (χ4v) is 1.68. The molecule has 0 aromatic heterocycles. The zero-order chi connectivity index (χ0) is 12.0. The highest BCUT2D eigenvalue weighted by molar-refractivity contribution is 7.81. The number of nitrogens with one attached hydrogen (secondary N) is 1. The van der Waals surface area contributed by atoms with Crippen molar-refractivity contribution in [2.24, 2.45) is 5.92 Å². The lowest BCUT2D eigenvalue weighted by atomic mass is 10.0. The first-order valence-electron chi connectivity index (χ1n) is 4.73. The Labute approximate surface area is 92.0 Å². The molecule has 2 atom stereocenters. The molecule has 88 valence electrons. The van der Waals surface area contributed by atoms with Crippen molar-refractivity contribution >= 4 is 22.8 Å². The van der Waals surface area contributed by atoms with Gasteiger partial charge in [0.05, 0.1) is 6.61 Å². The van der Waals surface area contributed by atoms with Crippen molar-refractivity contribution < 1.29 is 18.3 Å². The van der Waals surface area contributed by atoms with Crippen LogP contribution in [0.4, 0.5) is 0 Å².